The van der Waals surface area contributed by atoms with Crippen molar-refractivity contribution in [3.63, 3.8) is 0 Å². The fraction of sp³-hybridized carbons (Fsp3) is 0.111. The van der Waals surface area contributed by atoms with Crippen molar-refractivity contribution >= 4 is 33.8 Å². The maximum Gasteiger partial charge on any atom is 0.326 e. The SMILES string of the molecule is Cc1c(C(=O)CNc2nc3ccccc3[nH]2)[n+](=O)c2ccccc2n1[O-]. The van der Waals surface area contributed by atoms with Crippen molar-refractivity contribution in [2.45, 2.75) is 6.92 Å². The third kappa shape index (κ3) is 2.48. The number of carbonyl (C=O) groups is 1. The number of aromatic nitrogens is 4. The van der Waals surface area contributed by atoms with Gasteiger partial charge in [-0.05, 0) is 25.1 Å². The van der Waals surface area contributed by atoms with Crippen molar-refractivity contribution in [1.29, 1.82) is 0 Å². The maximum absolute atomic E-state index is 12.6. The maximum atomic E-state index is 12.6. The van der Waals surface area contributed by atoms with E-state index in [1.165, 1.54) is 13.0 Å². The van der Waals surface area contributed by atoms with Crippen LogP contribution in [0, 0.1) is 17.0 Å². The van der Waals surface area contributed by atoms with Crippen LogP contribution < -0.4 is 9.74 Å². The molecule has 0 radical (unpaired) electrons. The summed E-state index contributed by atoms with van der Waals surface area (Å²) in [7, 11) is 0. The molecule has 2 N–H and O–H groups in total. The van der Waals surface area contributed by atoms with Crippen LogP contribution in [0.3, 0.4) is 0 Å². The average molecular weight is 349 g/mol. The zero-order valence-electron chi connectivity index (χ0n) is 13.9. The Morgan fingerprint density at radius 2 is 1.96 bits per heavy atom. The molecule has 0 aliphatic carbocycles. The first-order valence-electron chi connectivity index (χ1n) is 8.02. The lowest BCUT2D eigenvalue weighted by Crippen LogP contribution is -2.33. The first-order valence-corrected chi connectivity index (χ1v) is 8.02. The summed E-state index contributed by atoms with van der Waals surface area (Å²) in [6.45, 7) is 1.30. The van der Waals surface area contributed by atoms with Crippen molar-refractivity contribution in [3.8, 4) is 0 Å². The van der Waals surface area contributed by atoms with Gasteiger partial charge < -0.3 is 20.2 Å². The van der Waals surface area contributed by atoms with E-state index in [0.29, 0.717) is 15.1 Å². The van der Waals surface area contributed by atoms with Gasteiger partial charge in [0, 0.05) is 11.0 Å². The van der Waals surface area contributed by atoms with Gasteiger partial charge in [-0.15, -0.1) is 0 Å². The first-order chi connectivity index (χ1) is 12.6. The molecule has 0 atom stereocenters. The number of aromatic amines is 1. The highest BCUT2D eigenvalue weighted by atomic mass is 16.5. The van der Waals surface area contributed by atoms with E-state index in [-0.39, 0.29) is 29.0 Å². The molecule has 0 saturated heterocycles. The Labute approximate surface area is 147 Å². The number of rotatable bonds is 4. The number of para-hydroxylation sites is 4. The lowest BCUT2D eigenvalue weighted by Gasteiger charge is -2.15. The number of H-pyrrole nitrogens is 1. The van der Waals surface area contributed by atoms with Gasteiger partial charge in [-0.3, -0.25) is 4.79 Å². The molecule has 8 nitrogen and oxygen atoms in total. The zero-order valence-corrected chi connectivity index (χ0v) is 13.9. The summed E-state index contributed by atoms with van der Waals surface area (Å²) in [6.07, 6.45) is 0. The van der Waals surface area contributed by atoms with Crippen molar-refractivity contribution in [2.75, 3.05) is 11.9 Å². The molecule has 0 aliphatic heterocycles. The van der Waals surface area contributed by atoms with E-state index >= 15 is 0 Å². The monoisotopic (exact) mass is 349 g/mol. The molecular formula is C18H15N5O3. The Bertz CT molecular complexity index is 1180. The van der Waals surface area contributed by atoms with E-state index < -0.39 is 5.78 Å². The number of benzene rings is 2. The summed E-state index contributed by atoms with van der Waals surface area (Å²) in [5.74, 6) is -0.0706. The third-order valence-corrected chi connectivity index (χ3v) is 4.24. The molecule has 0 unspecified atom stereocenters. The molecule has 0 spiro atoms. The van der Waals surface area contributed by atoms with E-state index in [1.54, 1.807) is 18.2 Å². The number of carbonyl (C=O) groups excluding carboxylic acids is 1. The largest absolute Gasteiger partial charge is 0.805 e. The van der Waals surface area contributed by atoms with Crippen LogP contribution in [0.1, 0.15) is 16.2 Å². The molecule has 0 bridgehead atoms. The second-order valence-corrected chi connectivity index (χ2v) is 5.89. The van der Waals surface area contributed by atoms with Crippen LogP contribution in [-0.2, 0) is 0 Å². The van der Waals surface area contributed by atoms with Crippen LogP contribution in [0.25, 0.3) is 22.1 Å². The first kappa shape index (κ1) is 15.8. The summed E-state index contributed by atoms with van der Waals surface area (Å²) in [5.41, 5.74) is 1.86. The second kappa shape index (κ2) is 5.99. The van der Waals surface area contributed by atoms with Crippen LogP contribution in [0.4, 0.5) is 5.95 Å². The Kier molecular flexibility index (Phi) is 3.65. The van der Waals surface area contributed by atoms with Gasteiger partial charge in [0.2, 0.25) is 5.95 Å². The van der Waals surface area contributed by atoms with E-state index in [2.05, 4.69) is 15.3 Å². The molecule has 2 aromatic carbocycles. The topological polar surface area (TPSA) is 109 Å². The molecule has 0 fully saturated rings. The Hall–Kier alpha value is -3.68. The smallest absolute Gasteiger partial charge is 0.326 e. The van der Waals surface area contributed by atoms with Gasteiger partial charge in [0.05, 0.1) is 27.7 Å². The molecular weight excluding hydrogens is 334 g/mol. The summed E-state index contributed by atoms with van der Waals surface area (Å²) in [5, 5.41) is 15.2. The molecule has 2 heterocycles. The third-order valence-electron chi connectivity index (χ3n) is 4.24. The lowest BCUT2D eigenvalue weighted by atomic mass is 10.2. The number of fused-ring (bicyclic) bond motifs is 2. The standard InChI is InChI=1S/C18H15N5O3/c1-11-17(23(26)15-9-5-4-8-14(15)22(11)25)16(24)10-19-18-20-12-6-2-3-7-13(12)21-18/h2-9H,10H2,1H3,(H2,19,20,21). The summed E-state index contributed by atoms with van der Waals surface area (Å²) in [6, 6.07) is 13.8. The predicted molar refractivity (Wildman–Crippen MR) is 97.7 cm³/mol. The Morgan fingerprint density at radius 3 is 2.77 bits per heavy atom. The number of hydrogen-bond donors (Lipinski definition) is 2. The summed E-state index contributed by atoms with van der Waals surface area (Å²) < 4.78 is 1.12. The molecule has 8 heteroatoms. The predicted octanol–water partition coefficient (Wildman–Crippen LogP) is 2.38. The van der Waals surface area contributed by atoms with Crippen LogP contribution in [0.2, 0.25) is 0 Å². The fourth-order valence-electron chi connectivity index (χ4n) is 2.95. The van der Waals surface area contributed by atoms with E-state index in [0.717, 1.165) is 11.0 Å². The molecule has 4 rings (SSSR count). The highest BCUT2D eigenvalue weighted by molar-refractivity contribution is 5.97. The normalized spacial score (nSPS) is 11.1. The van der Waals surface area contributed by atoms with Gasteiger partial charge in [0.25, 0.3) is 11.3 Å². The molecule has 0 aliphatic rings. The zero-order chi connectivity index (χ0) is 18.3. The van der Waals surface area contributed by atoms with Crippen molar-refractivity contribution in [2.24, 2.45) is 0 Å². The minimum atomic E-state index is -0.492. The molecule has 2 aromatic heterocycles. The van der Waals surface area contributed by atoms with E-state index in [9.17, 15) is 14.9 Å². The van der Waals surface area contributed by atoms with Crippen LogP contribution in [-0.4, -0.2) is 27.0 Å². The van der Waals surface area contributed by atoms with Crippen molar-refractivity contribution in [3.05, 3.63) is 70.0 Å². The second-order valence-electron chi connectivity index (χ2n) is 5.89. The van der Waals surface area contributed by atoms with Crippen LogP contribution >= 0.6 is 0 Å². The van der Waals surface area contributed by atoms with E-state index in [1.807, 2.05) is 24.3 Å². The minimum absolute atomic E-state index is 0.0649. The number of nitrogens with zero attached hydrogens (tertiary/aromatic N) is 3. The van der Waals surface area contributed by atoms with Gasteiger partial charge in [-0.1, -0.05) is 24.3 Å². The van der Waals surface area contributed by atoms with Gasteiger partial charge in [-0.2, -0.15) is 0 Å². The molecule has 130 valence electrons. The van der Waals surface area contributed by atoms with E-state index in [4.69, 9.17) is 0 Å². The van der Waals surface area contributed by atoms with Crippen LogP contribution in [0.5, 0.6) is 0 Å². The molecule has 0 amide bonds. The highest BCUT2D eigenvalue weighted by Crippen LogP contribution is 2.15. The number of hydrogen-bond acceptors (Lipinski definition) is 5. The summed E-state index contributed by atoms with van der Waals surface area (Å²) in [4.78, 5) is 32.5. The summed E-state index contributed by atoms with van der Waals surface area (Å²) >= 11 is 0. The molecule has 0 saturated carbocycles. The van der Waals surface area contributed by atoms with Gasteiger partial charge in [0.15, 0.2) is 0 Å². The minimum Gasteiger partial charge on any atom is -0.805 e. The highest BCUT2D eigenvalue weighted by Gasteiger charge is 2.26. The quantitative estimate of drug-likeness (QED) is 0.434. The van der Waals surface area contributed by atoms with Crippen LogP contribution in [0.15, 0.2) is 48.5 Å². The number of nitrogens with one attached hydrogen (secondary N) is 2. The number of imidazole rings is 1. The van der Waals surface area contributed by atoms with Crippen molar-refractivity contribution < 1.29 is 9.22 Å². The fourth-order valence-corrected chi connectivity index (χ4v) is 2.95. The Morgan fingerprint density at radius 1 is 1.23 bits per heavy atom. The van der Waals surface area contributed by atoms with Gasteiger partial charge in [-0.25, -0.2) is 4.98 Å². The van der Waals surface area contributed by atoms with Gasteiger partial charge >= 0.3 is 5.69 Å². The lowest BCUT2D eigenvalue weighted by molar-refractivity contribution is -0.468. The van der Waals surface area contributed by atoms with Crippen molar-refractivity contribution in [1.82, 2.24) is 14.7 Å². The molecule has 4 aromatic rings. The molecule has 26 heavy (non-hydrogen) atoms. The number of Topliss-reactive ketones (excluding diaryl/α,β-unsaturated/α-hetero) is 1. The average Bonchev–Trinajstić information content (AvgIpc) is 3.08. The number of ketones is 1. The Balaban J connectivity index is 1.67. The van der Waals surface area contributed by atoms with Gasteiger partial charge in [0.1, 0.15) is 5.52 Å². The number of anilines is 1.